The molecule has 1 heterocycles. The smallest absolute Gasteiger partial charge is 0.254 e. The van der Waals surface area contributed by atoms with E-state index in [-0.39, 0.29) is 5.91 Å². The number of amides is 1. The number of carbonyl (C=O) groups is 1. The van der Waals surface area contributed by atoms with Gasteiger partial charge in [0.15, 0.2) is 0 Å². The monoisotopic (exact) mass is 349 g/mol. The van der Waals surface area contributed by atoms with Crippen LogP contribution in [0.2, 0.25) is 0 Å². The van der Waals surface area contributed by atoms with E-state index in [0.717, 1.165) is 12.1 Å². The molecule has 4 heteroatoms. The SMILES string of the molecule is CC(C)CN(C(=O)c1csc(I)c1)C1CC1. The van der Waals surface area contributed by atoms with Gasteiger partial charge in [-0.15, -0.1) is 11.3 Å². The maximum Gasteiger partial charge on any atom is 0.254 e. The topological polar surface area (TPSA) is 20.3 Å². The average molecular weight is 349 g/mol. The largest absolute Gasteiger partial charge is 0.335 e. The lowest BCUT2D eigenvalue weighted by atomic mass is 10.2. The van der Waals surface area contributed by atoms with Crippen molar-refractivity contribution in [3.05, 3.63) is 19.9 Å². The minimum Gasteiger partial charge on any atom is -0.335 e. The van der Waals surface area contributed by atoms with Crippen LogP contribution < -0.4 is 0 Å². The molecule has 0 N–H and O–H groups in total. The minimum atomic E-state index is 0.218. The fourth-order valence-electron chi connectivity index (χ4n) is 1.77. The molecule has 1 fully saturated rings. The summed E-state index contributed by atoms with van der Waals surface area (Å²) < 4.78 is 1.18. The van der Waals surface area contributed by atoms with Gasteiger partial charge in [-0.25, -0.2) is 0 Å². The highest BCUT2D eigenvalue weighted by molar-refractivity contribution is 14.1. The first-order chi connectivity index (χ1) is 7.58. The zero-order valence-electron chi connectivity index (χ0n) is 9.57. The Hall–Kier alpha value is -0.100. The van der Waals surface area contributed by atoms with E-state index in [1.165, 1.54) is 15.7 Å². The molecule has 2 nitrogen and oxygen atoms in total. The number of halogens is 1. The Morgan fingerprint density at radius 3 is 2.75 bits per heavy atom. The summed E-state index contributed by atoms with van der Waals surface area (Å²) in [6.45, 7) is 5.22. The molecule has 1 aromatic heterocycles. The van der Waals surface area contributed by atoms with Gasteiger partial charge in [-0.1, -0.05) is 13.8 Å². The van der Waals surface area contributed by atoms with E-state index in [1.54, 1.807) is 11.3 Å². The van der Waals surface area contributed by atoms with Gasteiger partial charge in [0.25, 0.3) is 5.91 Å². The quantitative estimate of drug-likeness (QED) is 0.761. The Labute approximate surface area is 114 Å². The molecule has 1 aliphatic carbocycles. The maximum atomic E-state index is 12.3. The molecule has 0 unspecified atom stereocenters. The van der Waals surface area contributed by atoms with Crippen molar-refractivity contribution in [2.45, 2.75) is 32.7 Å². The van der Waals surface area contributed by atoms with Gasteiger partial charge >= 0.3 is 0 Å². The van der Waals surface area contributed by atoms with Crippen molar-refractivity contribution in [3.63, 3.8) is 0 Å². The van der Waals surface area contributed by atoms with Crippen LogP contribution in [0.15, 0.2) is 11.4 Å². The van der Waals surface area contributed by atoms with Gasteiger partial charge in [0.2, 0.25) is 0 Å². The third-order valence-electron chi connectivity index (χ3n) is 2.62. The number of nitrogens with zero attached hydrogens (tertiary/aromatic N) is 1. The van der Waals surface area contributed by atoms with Crippen molar-refractivity contribution in [2.24, 2.45) is 5.92 Å². The summed E-state index contributed by atoms with van der Waals surface area (Å²) in [4.78, 5) is 14.4. The van der Waals surface area contributed by atoms with Crippen LogP contribution in [0.5, 0.6) is 0 Å². The summed E-state index contributed by atoms with van der Waals surface area (Å²) >= 11 is 3.90. The molecule has 2 rings (SSSR count). The summed E-state index contributed by atoms with van der Waals surface area (Å²) in [5, 5.41) is 1.97. The predicted octanol–water partition coefficient (Wildman–Crippen LogP) is 3.61. The second-order valence-electron chi connectivity index (χ2n) is 4.72. The van der Waals surface area contributed by atoms with Crippen molar-refractivity contribution in [2.75, 3.05) is 6.54 Å². The van der Waals surface area contributed by atoms with Gasteiger partial charge in [-0.3, -0.25) is 4.79 Å². The van der Waals surface area contributed by atoms with Crippen LogP contribution >= 0.6 is 33.9 Å². The van der Waals surface area contributed by atoms with Gasteiger partial charge in [-0.2, -0.15) is 0 Å². The lowest BCUT2D eigenvalue weighted by Crippen LogP contribution is -2.35. The average Bonchev–Trinajstić information content (AvgIpc) is 2.96. The molecule has 16 heavy (non-hydrogen) atoms. The number of hydrogen-bond donors (Lipinski definition) is 0. The van der Waals surface area contributed by atoms with Crippen molar-refractivity contribution in [1.29, 1.82) is 0 Å². The first kappa shape index (κ1) is 12.4. The van der Waals surface area contributed by atoms with E-state index in [4.69, 9.17) is 0 Å². The molecule has 88 valence electrons. The van der Waals surface area contributed by atoms with Crippen LogP contribution in [0, 0.1) is 8.80 Å². The number of hydrogen-bond acceptors (Lipinski definition) is 2. The zero-order chi connectivity index (χ0) is 11.7. The molecular weight excluding hydrogens is 333 g/mol. The highest BCUT2D eigenvalue weighted by atomic mass is 127. The summed E-state index contributed by atoms with van der Waals surface area (Å²) in [6.07, 6.45) is 2.36. The molecule has 0 spiro atoms. The van der Waals surface area contributed by atoms with Crippen LogP contribution in [-0.4, -0.2) is 23.4 Å². The molecule has 1 aliphatic rings. The fraction of sp³-hybridized carbons (Fsp3) is 0.583. The molecule has 1 saturated carbocycles. The minimum absolute atomic E-state index is 0.218. The molecule has 1 aromatic rings. The number of rotatable bonds is 4. The first-order valence-corrected chi connectivity index (χ1v) is 7.58. The number of carbonyl (C=O) groups excluding carboxylic acids is 1. The highest BCUT2D eigenvalue weighted by Crippen LogP contribution is 2.30. The third-order valence-corrected chi connectivity index (χ3v) is 4.41. The van der Waals surface area contributed by atoms with Gasteiger partial charge < -0.3 is 4.90 Å². The van der Waals surface area contributed by atoms with Crippen molar-refractivity contribution < 1.29 is 4.79 Å². The van der Waals surface area contributed by atoms with Crippen molar-refractivity contribution >= 4 is 39.8 Å². The maximum absolute atomic E-state index is 12.3. The molecule has 0 atom stereocenters. The molecule has 0 aliphatic heterocycles. The Morgan fingerprint density at radius 1 is 1.62 bits per heavy atom. The molecular formula is C12H16INOS. The van der Waals surface area contributed by atoms with Crippen LogP contribution in [0.1, 0.15) is 37.0 Å². The molecule has 0 bridgehead atoms. The lowest BCUT2D eigenvalue weighted by molar-refractivity contribution is 0.0723. The van der Waals surface area contributed by atoms with E-state index in [2.05, 4.69) is 41.3 Å². The fourth-order valence-corrected chi connectivity index (χ4v) is 3.09. The van der Waals surface area contributed by atoms with Crippen LogP contribution in [0.3, 0.4) is 0 Å². The Balaban J connectivity index is 2.10. The third kappa shape index (κ3) is 2.97. The molecule has 0 radical (unpaired) electrons. The van der Waals surface area contributed by atoms with E-state index in [9.17, 15) is 4.79 Å². The normalized spacial score (nSPS) is 15.5. The standard InChI is InChI=1S/C12H16INOS/c1-8(2)6-14(10-3-4-10)12(15)9-5-11(13)16-7-9/h5,7-8,10H,3-4,6H2,1-2H3. The lowest BCUT2D eigenvalue weighted by Gasteiger charge is -2.23. The Kier molecular flexibility index (Phi) is 3.89. The van der Waals surface area contributed by atoms with Crippen LogP contribution in [-0.2, 0) is 0 Å². The van der Waals surface area contributed by atoms with E-state index in [1.807, 2.05) is 11.4 Å². The van der Waals surface area contributed by atoms with E-state index in [0.29, 0.717) is 12.0 Å². The van der Waals surface area contributed by atoms with Gasteiger partial charge in [-0.05, 0) is 47.4 Å². The second kappa shape index (κ2) is 5.04. The second-order valence-corrected chi connectivity index (χ2v) is 7.53. The van der Waals surface area contributed by atoms with Gasteiger partial charge in [0.1, 0.15) is 0 Å². The Bertz CT molecular complexity index is 384. The van der Waals surface area contributed by atoms with E-state index < -0.39 is 0 Å². The highest BCUT2D eigenvalue weighted by Gasteiger charge is 2.33. The van der Waals surface area contributed by atoms with E-state index >= 15 is 0 Å². The first-order valence-electron chi connectivity index (χ1n) is 5.63. The summed E-state index contributed by atoms with van der Waals surface area (Å²) in [6, 6.07) is 2.50. The zero-order valence-corrected chi connectivity index (χ0v) is 12.5. The van der Waals surface area contributed by atoms with Crippen molar-refractivity contribution in [3.8, 4) is 0 Å². The Morgan fingerprint density at radius 2 is 2.31 bits per heavy atom. The van der Waals surface area contributed by atoms with Crippen molar-refractivity contribution in [1.82, 2.24) is 4.90 Å². The summed E-state index contributed by atoms with van der Waals surface area (Å²) in [7, 11) is 0. The molecule has 0 aromatic carbocycles. The molecule has 1 amide bonds. The summed E-state index contributed by atoms with van der Waals surface area (Å²) in [5.41, 5.74) is 0.863. The molecule has 0 saturated heterocycles. The number of thiophene rings is 1. The van der Waals surface area contributed by atoms with Crippen LogP contribution in [0.4, 0.5) is 0 Å². The van der Waals surface area contributed by atoms with Gasteiger partial charge in [0, 0.05) is 18.0 Å². The van der Waals surface area contributed by atoms with Crippen LogP contribution in [0.25, 0.3) is 0 Å². The predicted molar refractivity (Wildman–Crippen MR) is 75.9 cm³/mol. The summed E-state index contributed by atoms with van der Waals surface area (Å²) in [5.74, 6) is 0.762. The van der Waals surface area contributed by atoms with Gasteiger partial charge in [0.05, 0.1) is 8.45 Å².